The molecule has 4 nitrogen and oxygen atoms in total. The Bertz CT molecular complexity index is 199. The third-order valence-electron chi connectivity index (χ3n) is 0.726. The SMILES string of the molecule is CS(=O)(=O)N[C@H](C=O)CS. The molecule has 0 rings (SSSR count). The third-order valence-corrected chi connectivity index (χ3v) is 1.85. The Balaban J connectivity index is 4.00. The smallest absolute Gasteiger partial charge is 0.209 e. The Kier molecular flexibility index (Phi) is 3.92. The Morgan fingerprint density at radius 1 is 1.70 bits per heavy atom. The maximum absolute atomic E-state index is 10.5. The molecule has 1 N–H and O–H groups in total. The molecular formula is C4H9NO3S2. The predicted octanol–water partition coefficient (Wildman–Crippen LogP) is -0.967. The van der Waals surface area contributed by atoms with E-state index in [-0.39, 0.29) is 5.75 Å². The van der Waals surface area contributed by atoms with Crippen LogP contribution in [0.4, 0.5) is 0 Å². The third kappa shape index (κ3) is 4.78. The summed E-state index contributed by atoms with van der Waals surface area (Å²) >= 11 is 3.75. The van der Waals surface area contributed by atoms with E-state index in [1.165, 1.54) is 0 Å². The molecule has 6 heteroatoms. The van der Waals surface area contributed by atoms with Crippen LogP contribution in [-0.2, 0) is 14.8 Å². The van der Waals surface area contributed by atoms with Crippen LogP contribution < -0.4 is 4.72 Å². The molecule has 0 saturated heterocycles. The standard InChI is InChI=1S/C4H9NO3S2/c1-10(7,8)5-4(2-6)3-9/h2,4-5,9H,3H2,1H3/t4-/m1/s1. The number of sulfonamides is 1. The fraction of sp³-hybridized carbons (Fsp3) is 0.750. The summed E-state index contributed by atoms with van der Waals surface area (Å²) in [6, 6.07) is -0.710. The molecule has 0 aliphatic heterocycles. The molecule has 0 aliphatic carbocycles. The lowest BCUT2D eigenvalue weighted by Crippen LogP contribution is -2.36. The van der Waals surface area contributed by atoms with Gasteiger partial charge in [0.2, 0.25) is 10.0 Å². The van der Waals surface area contributed by atoms with E-state index in [0.717, 1.165) is 6.26 Å². The van der Waals surface area contributed by atoms with Crippen LogP contribution in [0.3, 0.4) is 0 Å². The molecule has 0 unspecified atom stereocenters. The minimum atomic E-state index is -3.28. The van der Waals surface area contributed by atoms with Crippen LogP contribution in [0.15, 0.2) is 0 Å². The van der Waals surface area contributed by atoms with Gasteiger partial charge in [-0.05, 0) is 0 Å². The molecule has 0 heterocycles. The average Bonchev–Trinajstić information content (AvgIpc) is 1.81. The van der Waals surface area contributed by atoms with Gasteiger partial charge in [0.25, 0.3) is 0 Å². The molecule has 10 heavy (non-hydrogen) atoms. The van der Waals surface area contributed by atoms with Crippen LogP contribution in [0.2, 0.25) is 0 Å². The molecule has 0 aromatic rings. The molecule has 0 saturated carbocycles. The molecule has 1 atom stereocenters. The number of aldehydes is 1. The van der Waals surface area contributed by atoms with Crippen molar-refractivity contribution in [3.63, 3.8) is 0 Å². The van der Waals surface area contributed by atoms with Crippen LogP contribution in [0.25, 0.3) is 0 Å². The molecule has 0 radical (unpaired) electrons. The topological polar surface area (TPSA) is 63.2 Å². The largest absolute Gasteiger partial charge is 0.302 e. The first-order chi connectivity index (χ1) is 4.49. The second kappa shape index (κ2) is 3.95. The van der Waals surface area contributed by atoms with Gasteiger partial charge in [-0.3, -0.25) is 0 Å². The van der Waals surface area contributed by atoms with Gasteiger partial charge in [0.15, 0.2) is 0 Å². The number of rotatable bonds is 4. The molecule has 0 aromatic heterocycles. The van der Waals surface area contributed by atoms with Crippen molar-refractivity contribution < 1.29 is 13.2 Å². The number of carbonyl (C=O) groups is 1. The van der Waals surface area contributed by atoms with Crippen LogP contribution in [0, 0.1) is 0 Å². The summed E-state index contributed by atoms with van der Waals surface area (Å²) in [7, 11) is -3.28. The van der Waals surface area contributed by atoms with E-state index < -0.39 is 16.1 Å². The van der Waals surface area contributed by atoms with Gasteiger partial charge in [-0.25, -0.2) is 13.1 Å². The van der Waals surface area contributed by atoms with Crippen LogP contribution >= 0.6 is 12.6 Å². The first kappa shape index (κ1) is 9.93. The Morgan fingerprint density at radius 2 is 2.20 bits per heavy atom. The van der Waals surface area contributed by atoms with Crippen molar-refractivity contribution in [2.45, 2.75) is 6.04 Å². The fourth-order valence-electron chi connectivity index (χ4n) is 0.383. The van der Waals surface area contributed by atoms with Crippen LogP contribution in [0.1, 0.15) is 0 Å². The summed E-state index contributed by atoms with van der Waals surface area (Å²) in [6.07, 6.45) is 1.50. The Morgan fingerprint density at radius 3 is 2.30 bits per heavy atom. The monoisotopic (exact) mass is 183 g/mol. The first-order valence-electron chi connectivity index (χ1n) is 2.53. The van der Waals surface area contributed by atoms with Gasteiger partial charge < -0.3 is 4.79 Å². The molecule has 0 amide bonds. The molecule has 0 bridgehead atoms. The first-order valence-corrected chi connectivity index (χ1v) is 5.05. The normalized spacial score (nSPS) is 14.6. The predicted molar refractivity (Wildman–Crippen MR) is 41.7 cm³/mol. The van der Waals surface area contributed by atoms with Gasteiger partial charge in [-0.2, -0.15) is 12.6 Å². The molecule has 0 fully saturated rings. The van der Waals surface area contributed by atoms with E-state index >= 15 is 0 Å². The second-order valence-corrected chi connectivity index (χ2v) is 3.96. The maximum Gasteiger partial charge on any atom is 0.209 e. The molecular weight excluding hydrogens is 174 g/mol. The summed E-state index contributed by atoms with van der Waals surface area (Å²) in [5.41, 5.74) is 0. The molecule has 0 spiro atoms. The highest BCUT2D eigenvalue weighted by molar-refractivity contribution is 7.88. The van der Waals surface area contributed by atoms with E-state index in [1.807, 2.05) is 0 Å². The van der Waals surface area contributed by atoms with Crippen molar-refractivity contribution in [1.82, 2.24) is 4.72 Å². The van der Waals surface area contributed by atoms with Crippen molar-refractivity contribution in [3.05, 3.63) is 0 Å². The van der Waals surface area contributed by atoms with Crippen LogP contribution in [0.5, 0.6) is 0 Å². The summed E-state index contributed by atoms with van der Waals surface area (Å²) in [5, 5.41) is 0. The van der Waals surface area contributed by atoms with Gasteiger partial charge in [0.05, 0.1) is 12.3 Å². The highest BCUT2D eigenvalue weighted by atomic mass is 32.2. The minimum absolute atomic E-state index is 0.177. The molecule has 0 aliphatic rings. The Hall–Kier alpha value is -0.0700. The Labute approximate surface area is 65.5 Å². The van der Waals surface area contributed by atoms with Gasteiger partial charge >= 0.3 is 0 Å². The zero-order valence-corrected chi connectivity index (χ0v) is 7.15. The lowest BCUT2D eigenvalue weighted by molar-refractivity contribution is -0.108. The quantitative estimate of drug-likeness (QED) is 0.435. The minimum Gasteiger partial charge on any atom is -0.302 e. The van der Waals surface area contributed by atoms with Crippen LogP contribution in [-0.4, -0.2) is 32.8 Å². The van der Waals surface area contributed by atoms with Crippen molar-refractivity contribution in [1.29, 1.82) is 0 Å². The highest BCUT2D eigenvalue weighted by Gasteiger charge is 2.09. The van der Waals surface area contributed by atoms with E-state index in [1.54, 1.807) is 0 Å². The number of hydrogen-bond acceptors (Lipinski definition) is 4. The maximum atomic E-state index is 10.5. The zero-order chi connectivity index (χ0) is 8.20. The summed E-state index contributed by atoms with van der Waals surface area (Å²) in [6.45, 7) is 0. The number of hydrogen-bond donors (Lipinski definition) is 2. The lowest BCUT2D eigenvalue weighted by Gasteiger charge is -2.05. The van der Waals surface area contributed by atoms with Gasteiger partial charge in [0.1, 0.15) is 6.29 Å². The second-order valence-electron chi connectivity index (χ2n) is 1.82. The van der Waals surface area contributed by atoms with E-state index in [9.17, 15) is 13.2 Å². The summed E-state index contributed by atoms with van der Waals surface area (Å²) in [5.74, 6) is 0.177. The van der Waals surface area contributed by atoms with Gasteiger partial charge in [-0.1, -0.05) is 0 Å². The number of nitrogens with one attached hydrogen (secondary N) is 1. The van der Waals surface area contributed by atoms with Crippen molar-refractivity contribution in [3.8, 4) is 0 Å². The van der Waals surface area contributed by atoms with E-state index in [4.69, 9.17) is 0 Å². The van der Waals surface area contributed by atoms with Crippen molar-refractivity contribution in [2.75, 3.05) is 12.0 Å². The van der Waals surface area contributed by atoms with E-state index in [2.05, 4.69) is 17.4 Å². The molecule has 60 valence electrons. The lowest BCUT2D eigenvalue weighted by atomic mass is 10.4. The highest BCUT2D eigenvalue weighted by Crippen LogP contribution is 1.85. The zero-order valence-electron chi connectivity index (χ0n) is 5.44. The van der Waals surface area contributed by atoms with Crippen molar-refractivity contribution >= 4 is 28.9 Å². The summed E-state index contributed by atoms with van der Waals surface area (Å²) in [4.78, 5) is 10.0. The summed E-state index contributed by atoms with van der Waals surface area (Å²) < 4.78 is 23.0. The molecule has 0 aromatic carbocycles. The number of carbonyl (C=O) groups excluding carboxylic acids is 1. The fourth-order valence-corrected chi connectivity index (χ4v) is 1.37. The van der Waals surface area contributed by atoms with Gasteiger partial charge in [0, 0.05) is 5.75 Å². The number of thiol groups is 1. The van der Waals surface area contributed by atoms with Gasteiger partial charge in [-0.15, -0.1) is 0 Å². The average molecular weight is 183 g/mol. The van der Waals surface area contributed by atoms with Crippen molar-refractivity contribution in [2.24, 2.45) is 0 Å². The van der Waals surface area contributed by atoms with E-state index in [0.29, 0.717) is 6.29 Å².